The average Bonchev–Trinajstić information content (AvgIpc) is 2.64. The molecular formula is C17H13BrClN5O3. The predicted octanol–water partition coefficient (Wildman–Crippen LogP) is 5.30. The maximum atomic E-state index is 11.7. The van der Waals surface area contributed by atoms with E-state index < -0.39 is 4.92 Å². The largest absolute Gasteiger partial charge is 0.495 e. The van der Waals surface area contributed by atoms with Gasteiger partial charge in [-0.2, -0.15) is 0 Å². The van der Waals surface area contributed by atoms with Crippen molar-refractivity contribution in [2.24, 2.45) is 0 Å². The first kappa shape index (κ1) is 18.9. The first-order chi connectivity index (χ1) is 13.0. The molecule has 2 N–H and O–H groups in total. The third kappa shape index (κ3) is 4.26. The van der Waals surface area contributed by atoms with Crippen molar-refractivity contribution in [2.75, 3.05) is 17.7 Å². The topological polar surface area (TPSA) is 102 Å². The lowest BCUT2D eigenvalue weighted by Crippen LogP contribution is -2.06. The van der Waals surface area contributed by atoms with Gasteiger partial charge >= 0.3 is 5.69 Å². The van der Waals surface area contributed by atoms with Crippen LogP contribution >= 0.6 is 27.5 Å². The number of nitrogens with zero attached hydrogens (tertiary/aromatic N) is 3. The average molecular weight is 451 g/mol. The van der Waals surface area contributed by atoms with Gasteiger partial charge in [0.05, 0.1) is 23.4 Å². The van der Waals surface area contributed by atoms with Gasteiger partial charge in [0.25, 0.3) is 0 Å². The molecule has 0 atom stereocenters. The Morgan fingerprint density at radius 3 is 2.41 bits per heavy atom. The molecule has 3 rings (SSSR count). The fraction of sp³-hybridized carbons (Fsp3) is 0.0588. The summed E-state index contributed by atoms with van der Waals surface area (Å²) in [6, 6.07) is 12.1. The minimum atomic E-state index is -0.557. The molecule has 1 heterocycles. The summed E-state index contributed by atoms with van der Waals surface area (Å²) in [5, 5.41) is 18.0. The number of methoxy groups -OCH3 is 1. The summed E-state index contributed by atoms with van der Waals surface area (Å²) in [7, 11) is 1.49. The Hall–Kier alpha value is -2.91. The van der Waals surface area contributed by atoms with Crippen molar-refractivity contribution >= 4 is 56.2 Å². The molecule has 138 valence electrons. The molecule has 0 amide bonds. The number of aromatic nitrogens is 2. The molecule has 0 spiro atoms. The number of hydrogen-bond acceptors (Lipinski definition) is 7. The highest BCUT2D eigenvalue weighted by Crippen LogP contribution is 2.37. The second-order valence-electron chi connectivity index (χ2n) is 5.25. The lowest BCUT2D eigenvalue weighted by Gasteiger charge is -2.13. The van der Waals surface area contributed by atoms with Crippen molar-refractivity contribution in [3.8, 4) is 5.75 Å². The van der Waals surface area contributed by atoms with Crippen LogP contribution in [0.5, 0.6) is 5.75 Å². The number of anilines is 4. The van der Waals surface area contributed by atoms with E-state index in [1.807, 2.05) is 12.1 Å². The van der Waals surface area contributed by atoms with E-state index in [2.05, 4.69) is 36.5 Å². The molecule has 0 unspecified atom stereocenters. The summed E-state index contributed by atoms with van der Waals surface area (Å²) in [6.07, 6.45) is 1.23. The highest BCUT2D eigenvalue weighted by atomic mass is 79.9. The van der Waals surface area contributed by atoms with Gasteiger partial charge in [-0.3, -0.25) is 10.1 Å². The van der Waals surface area contributed by atoms with E-state index >= 15 is 0 Å². The molecule has 10 heteroatoms. The van der Waals surface area contributed by atoms with Gasteiger partial charge in [0.15, 0.2) is 0 Å². The summed E-state index contributed by atoms with van der Waals surface area (Å²) in [4.78, 5) is 19.2. The molecule has 1 aromatic heterocycles. The van der Waals surface area contributed by atoms with E-state index in [1.54, 1.807) is 30.3 Å². The number of nitro groups is 1. The monoisotopic (exact) mass is 449 g/mol. The molecule has 0 bridgehead atoms. The fourth-order valence-corrected chi connectivity index (χ4v) is 2.89. The number of halogens is 2. The molecular weight excluding hydrogens is 438 g/mol. The number of ether oxygens (including phenoxy) is 1. The highest BCUT2D eigenvalue weighted by Gasteiger charge is 2.24. The maximum absolute atomic E-state index is 11.7. The van der Waals surface area contributed by atoms with Crippen molar-refractivity contribution in [3.63, 3.8) is 0 Å². The standard InChI is InChI=1S/C17H13BrClN5O3/c1-27-14-7-6-10(19)8-13(14)23-17-15(24(25)26)16(20-9-21-17)22-12-5-3-2-4-11(12)18/h2-9H,1H3,(H2,20,21,22,23). The summed E-state index contributed by atoms with van der Waals surface area (Å²) in [5.41, 5.74) is 0.763. The molecule has 27 heavy (non-hydrogen) atoms. The Morgan fingerprint density at radius 2 is 1.78 bits per heavy atom. The van der Waals surface area contributed by atoms with Crippen LogP contribution in [0.4, 0.5) is 28.7 Å². The zero-order chi connectivity index (χ0) is 19.4. The Labute approximate surface area is 167 Å². The minimum Gasteiger partial charge on any atom is -0.495 e. The fourth-order valence-electron chi connectivity index (χ4n) is 2.33. The molecule has 0 aliphatic rings. The number of benzene rings is 2. The van der Waals surface area contributed by atoms with Crippen molar-refractivity contribution < 1.29 is 9.66 Å². The van der Waals surface area contributed by atoms with Crippen LogP contribution in [-0.2, 0) is 0 Å². The van der Waals surface area contributed by atoms with Crippen LogP contribution in [0.2, 0.25) is 5.02 Å². The summed E-state index contributed by atoms with van der Waals surface area (Å²) >= 11 is 9.41. The third-order valence-corrected chi connectivity index (χ3v) is 4.47. The Kier molecular flexibility index (Phi) is 5.72. The van der Waals surface area contributed by atoms with Crippen LogP contribution < -0.4 is 15.4 Å². The molecule has 3 aromatic rings. The second-order valence-corrected chi connectivity index (χ2v) is 6.54. The van der Waals surface area contributed by atoms with Crippen molar-refractivity contribution in [1.82, 2.24) is 9.97 Å². The number of rotatable bonds is 6. The van der Waals surface area contributed by atoms with Crippen molar-refractivity contribution in [2.45, 2.75) is 0 Å². The normalized spacial score (nSPS) is 10.3. The van der Waals surface area contributed by atoms with E-state index in [-0.39, 0.29) is 17.3 Å². The van der Waals surface area contributed by atoms with Gasteiger partial charge in [0.1, 0.15) is 12.1 Å². The number of nitrogens with one attached hydrogen (secondary N) is 2. The van der Waals surface area contributed by atoms with Gasteiger partial charge in [0, 0.05) is 9.50 Å². The van der Waals surface area contributed by atoms with Crippen LogP contribution in [0.1, 0.15) is 0 Å². The van der Waals surface area contributed by atoms with E-state index in [4.69, 9.17) is 16.3 Å². The molecule has 0 aliphatic carbocycles. The Balaban J connectivity index is 2.03. The summed E-state index contributed by atoms with van der Waals surface area (Å²) < 4.78 is 6.00. The van der Waals surface area contributed by atoms with Gasteiger partial charge < -0.3 is 15.4 Å². The predicted molar refractivity (Wildman–Crippen MR) is 107 cm³/mol. The Morgan fingerprint density at radius 1 is 1.11 bits per heavy atom. The van der Waals surface area contributed by atoms with E-state index in [1.165, 1.54) is 13.4 Å². The molecule has 2 aromatic carbocycles. The molecule has 0 saturated heterocycles. The van der Waals surface area contributed by atoms with Crippen LogP contribution in [-0.4, -0.2) is 22.0 Å². The van der Waals surface area contributed by atoms with Crippen LogP contribution in [0.15, 0.2) is 53.3 Å². The number of para-hydroxylation sites is 1. The molecule has 8 nitrogen and oxygen atoms in total. The summed E-state index contributed by atoms with van der Waals surface area (Å²) in [5.74, 6) is 0.517. The van der Waals surface area contributed by atoms with E-state index in [0.29, 0.717) is 22.1 Å². The first-order valence-electron chi connectivity index (χ1n) is 7.61. The van der Waals surface area contributed by atoms with Crippen molar-refractivity contribution in [3.05, 3.63) is 68.4 Å². The zero-order valence-corrected chi connectivity index (χ0v) is 16.3. The molecule has 0 radical (unpaired) electrons. The second kappa shape index (κ2) is 8.19. The van der Waals surface area contributed by atoms with Gasteiger partial charge in [-0.25, -0.2) is 9.97 Å². The minimum absolute atomic E-state index is 0.00474. The van der Waals surface area contributed by atoms with E-state index in [0.717, 1.165) is 4.47 Å². The lowest BCUT2D eigenvalue weighted by molar-refractivity contribution is -0.383. The lowest BCUT2D eigenvalue weighted by atomic mass is 10.2. The quantitative estimate of drug-likeness (QED) is 0.388. The zero-order valence-electron chi connectivity index (χ0n) is 13.9. The number of hydrogen-bond donors (Lipinski definition) is 2. The third-order valence-electron chi connectivity index (χ3n) is 3.55. The maximum Gasteiger partial charge on any atom is 0.353 e. The first-order valence-corrected chi connectivity index (χ1v) is 8.78. The SMILES string of the molecule is COc1ccc(Cl)cc1Nc1ncnc(Nc2ccccc2Br)c1[N+](=O)[O-]. The molecule has 0 saturated carbocycles. The molecule has 0 aliphatic heterocycles. The summed E-state index contributed by atoms with van der Waals surface area (Å²) in [6.45, 7) is 0. The van der Waals surface area contributed by atoms with Crippen molar-refractivity contribution in [1.29, 1.82) is 0 Å². The van der Waals surface area contributed by atoms with Crippen LogP contribution in [0, 0.1) is 10.1 Å². The Bertz CT molecular complexity index is 1000. The van der Waals surface area contributed by atoms with E-state index in [9.17, 15) is 10.1 Å². The van der Waals surface area contributed by atoms with Gasteiger partial charge in [0.2, 0.25) is 11.6 Å². The molecule has 0 fully saturated rings. The smallest absolute Gasteiger partial charge is 0.353 e. The van der Waals surface area contributed by atoms with Gasteiger partial charge in [-0.1, -0.05) is 23.7 Å². The van der Waals surface area contributed by atoms with Crippen LogP contribution in [0.3, 0.4) is 0 Å². The highest BCUT2D eigenvalue weighted by molar-refractivity contribution is 9.10. The van der Waals surface area contributed by atoms with Gasteiger partial charge in [-0.15, -0.1) is 0 Å². The van der Waals surface area contributed by atoms with Gasteiger partial charge in [-0.05, 0) is 46.3 Å². The van der Waals surface area contributed by atoms with Crippen LogP contribution in [0.25, 0.3) is 0 Å².